The summed E-state index contributed by atoms with van der Waals surface area (Å²) in [5, 5.41) is 8.44. The zero-order chi connectivity index (χ0) is 14.5. The lowest BCUT2D eigenvalue weighted by molar-refractivity contribution is 0.182. The number of aromatic nitrogens is 2. The molecule has 3 rings (SSSR count). The van der Waals surface area contributed by atoms with Gasteiger partial charge in [-0.2, -0.15) is 5.10 Å². The molecule has 2 fully saturated rings. The van der Waals surface area contributed by atoms with Gasteiger partial charge < -0.3 is 5.32 Å². The standard InChI is InChI=1S/C17H30N4/c1-2-18-15-7-6-11-20(13-15)14-16-10-12-21(19-16)17-8-4-3-5-9-17/h10,12,15,17-18H,2-9,11,13-14H2,1H3. The van der Waals surface area contributed by atoms with Crippen LogP contribution in [0.1, 0.15) is 63.6 Å². The summed E-state index contributed by atoms with van der Waals surface area (Å²) in [5.41, 5.74) is 1.25. The first-order valence-corrected chi connectivity index (χ1v) is 8.85. The van der Waals surface area contributed by atoms with Gasteiger partial charge in [-0.15, -0.1) is 0 Å². The Balaban J connectivity index is 1.54. The highest BCUT2D eigenvalue weighted by Crippen LogP contribution is 2.27. The van der Waals surface area contributed by atoms with E-state index in [9.17, 15) is 0 Å². The second-order valence-corrected chi connectivity index (χ2v) is 6.71. The normalized spacial score (nSPS) is 25.3. The Kier molecular flexibility index (Phi) is 5.31. The summed E-state index contributed by atoms with van der Waals surface area (Å²) >= 11 is 0. The Bertz CT molecular complexity index is 420. The van der Waals surface area contributed by atoms with Gasteiger partial charge in [0.2, 0.25) is 0 Å². The summed E-state index contributed by atoms with van der Waals surface area (Å²) < 4.78 is 2.24. The summed E-state index contributed by atoms with van der Waals surface area (Å²) in [6.07, 6.45) is 11.6. The van der Waals surface area contributed by atoms with Crippen molar-refractivity contribution < 1.29 is 0 Å². The van der Waals surface area contributed by atoms with Gasteiger partial charge in [-0.3, -0.25) is 9.58 Å². The number of rotatable bonds is 5. The van der Waals surface area contributed by atoms with E-state index >= 15 is 0 Å². The highest BCUT2D eigenvalue weighted by molar-refractivity contribution is 5.00. The molecule has 1 N–H and O–H groups in total. The van der Waals surface area contributed by atoms with Crippen molar-refractivity contribution in [3.63, 3.8) is 0 Å². The first kappa shape index (κ1) is 15.0. The van der Waals surface area contributed by atoms with E-state index in [1.807, 2.05) is 0 Å². The molecule has 4 nitrogen and oxygen atoms in total. The molecule has 4 heteroatoms. The van der Waals surface area contributed by atoms with Crippen LogP contribution in [0.15, 0.2) is 12.3 Å². The van der Waals surface area contributed by atoms with Crippen LogP contribution in [0.3, 0.4) is 0 Å². The molecule has 1 aliphatic carbocycles. The molecule has 0 bridgehead atoms. The predicted octanol–water partition coefficient (Wildman–Crippen LogP) is 2.96. The van der Waals surface area contributed by atoms with Crippen LogP contribution in [-0.4, -0.2) is 40.4 Å². The smallest absolute Gasteiger partial charge is 0.0764 e. The number of hydrogen-bond acceptors (Lipinski definition) is 3. The number of likely N-dealkylation sites (tertiary alicyclic amines) is 1. The van der Waals surface area contributed by atoms with Crippen molar-refractivity contribution in [2.75, 3.05) is 19.6 Å². The van der Waals surface area contributed by atoms with Crippen LogP contribution < -0.4 is 5.32 Å². The topological polar surface area (TPSA) is 33.1 Å². The molecule has 1 saturated heterocycles. The van der Waals surface area contributed by atoms with Crippen LogP contribution in [-0.2, 0) is 6.54 Å². The molecule has 2 heterocycles. The van der Waals surface area contributed by atoms with E-state index in [1.165, 1.54) is 63.7 Å². The van der Waals surface area contributed by atoms with E-state index in [0.29, 0.717) is 12.1 Å². The monoisotopic (exact) mass is 290 g/mol. The second-order valence-electron chi connectivity index (χ2n) is 6.71. The fourth-order valence-electron chi connectivity index (χ4n) is 3.89. The Morgan fingerprint density at radius 1 is 1.19 bits per heavy atom. The average molecular weight is 290 g/mol. The Hall–Kier alpha value is -0.870. The maximum atomic E-state index is 4.85. The highest BCUT2D eigenvalue weighted by atomic mass is 15.3. The van der Waals surface area contributed by atoms with Gasteiger partial charge in [0.15, 0.2) is 0 Å². The van der Waals surface area contributed by atoms with Crippen molar-refractivity contribution in [3.8, 4) is 0 Å². The van der Waals surface area contributed by atoms with E-state index in [2.05, 4.69) is 34.1 Å². The van der Waals surface area contributed by atoms with E-state index < -0.39 is 0 Å². The van der Waals surface area contributed by atoms with Crippen molar-refractivity contribution >= 4 is 0 Å². The number of nitrogens with zero attached hydrogens (tertiary/aromatic N) is 3. The molecule has 0 aromatic carbocycles. The predicted molar refractivity (Wildman–Crippen MR) is 86.3 cm³/mol. The third kappa shape index (κ3) is 4.07. The number of piperidine rings is 1. The highest BCUT2D eigenvalue weighted by Gasteiger charge is 2.20. The SMILES string of the molecule is CCNC1CCCN(Cc2ccn(C3CCCCC3)n2)C1. The Labute approximate surface area is 128 Å². The molecular weight excluding hydrogens is 260 g/mol. The van der Waals surface area contributed by atoms with Crippen molar-refractivity contribution in [2.24, 2.45) is 0 Å². The van der Waals surface area contributed by atoms with Crippen LogP contribution in [0.4, 0.5) is 0 Å². The van der Waals surface area contributed by atoms with Gasteiger partial charge in [-0.25, -0.2) is 0 Å². The summed E-state index contributed by atoms with van der Waals surface area (Å²) in [7, 11) is 0. The molecule has 0 radical (unpaired) electrons. The Morgan fingerprint density at radius 2 is 2.05 bits per heavy atom. The van der Waals surface area contributed by atoms with E-state index in [4.69, 9.17) is 5.10 Å². The van der Waals surface area contributed by atoms with Gasteiger partial charge in [0.05, 0.1) is 11.7 Å². The molecule has 1 aromatic heterocycles. The first-order chi connectivity index (χ1) is 10.3. The van der Waals surface area contributed by atoms with Crippen molar-refractivity contribution in [3.05, 3.63) is 18.0 Å². The molecule has 0 amide bonds. The van der Waals surface area contributed by atoms with Gasteiger partial charge in [-0.05, 0) is 44.8 Å². The summed E-state index contributed by atoms with van der Waals surface area (Å²) in [6, 6.07) is 3.55. The minimum Gasteiger partial charge on any atom is -0.313 e. The number of nitrogens with one attached hydrogen (secondary N) is 1. The molecule has 2 aliphatic rings. The zero-order valence-corrected chi connectivity index (χ0v) is 13.4. The van der Waals surface area contributed by atoms with Gasteiger partial charge in [0, 0.05) is 25.3 Å². The molecule has 1 unspecified atom stereocenters. The summed E-state index contributed by atoms with van der Waals surface area (Å²) in [5.74, 6) is 0. The lowest BCUT2D eigenvalue weighted by Crippen LogP contribution is -2.45. The number of hydrogen-bond donors (Lipinski definition) is 1. The van der Waals surface area contributed by atoms with Gasteiger partial charge in [0.1, 0.15) is 0 Å². The molecule has 1 atom stereocenters. The minimum atomic E-state index is 0.656. The molecule has 1 aliphatic heterocycles. The third-order valence-electron chi connectivity index (χ3n) is 5.00. The Morgan fingerprint density at radius 3 is 2.86 bits per heavy atom. The number of likely N-dealkylation sites (N-methyl/N-ethyl adjacent to an activating group) is 1. The molecule has 21 heavy (non-hydrogen) atoms. The quantitative estimate of drug-likeness (QED) is 0.905. The maximum absolute atomic E-state index is 4.85. The molecular formula is C17H30N4. The van der Waals surface area contributed by atoms with Crippen molar-refractivity contribution in [1.82, 2.24) is 20.0 Å². The summed E-state index contributed by atoms with van der Waals surface area (Å²) in [4.78, 5) is 2.56. The fraction of sp³-hybridized carbons (Fsp3) is 0.824. The second kappa shape index (κ2) is 7.41. The maximum Gasteiger partial charge on any atom is 0.0764 e. The van der Waals surface area contributed by atoms with Crippen molar-refractivity contribution in [1.29, 1.82) is 0 Å². The third-order valence-corrected chi connectivity index (χ3v) is 5.00. The van der Waals surface area contributed by atoms with Crippen molar-refractivity contribution in [2.45, 2.75) is 70.5 Å². The zero-order valence-electron chi connectivity index (χ0n) is 13.4. The van der Waals surface area contributed by atoms with Gasteiger partial charge in [0.25, 0.3) is 0 Å². The van der Waals surface area contributed by atoms with Crippen LogP contribution >= 0.6 is 0 Å². The average Bonchev–Trinajstić information content (AvgIpc) is 2.97. The fourth-order valence-corrected chi connectivity index (χ4v) is 3.89. The van der Waals surface area contributed by atoms with Crippen LogP contribution in [0.25, 0.3) is 0 Å². The van der Waals surface area contributed by atoms with E-state index in [1.54, 1.807) is 0 Å². The van der Waals surface area contributed by atoms with Crippen LogP contribution in [0, 0.1) is 0 Å². The lowest BCUT2D eigenvalue weighted by Gasteiger charge is -2.32. The minimum absolute atomic E-state index is 0.656. The molecule has 1 aromatic rings. The van der Waals surface area contributed by atoms with Crippen LogP contribution in [0.2, 0.25) is 0 Å². The largest absolute Gasteiger partial charge is 0.313 e. The molecule has 1 saturated carbocycles. The van der Waals surface area contributed by atoms with Gasteiger partial charge >= 0.3 is 0 Å². The van der Waals surface area contributed by atoms with E-state index in [0.717, 1.165) is 13.1 Å². The van der Waals surface area contributed by atoms with Crippen LogP contribution in [0.5, 0.6) is 0 Å². The summed E-state index contributed by atoms with van der Waals surface area (Å²) in [6.45, 7) is 6.68. The van der Waals surface area contributed by atoms with Gasteiger partial charge in [-0.1, -0.05) is 26.2 Å². The first-order valence-electron chi connectivity index (χ1n) is 8.85. The lowest BCUT2D eigenvalue weighted by atomic mass is 9.96. The molecule has 118 valence electrons. The molecule has 0 spiro atoms. The van der Waals surface area contributed by atoms with E-state index in [-0.39, 0.29) is 0 Å².